The zero-order valence-corrected chi connectivity index (χ0v) is 25.5. The highest BCUT2D eigenvalue weighted by atomic mass is 16.5. The standard InChI is InChI=1S/C31H57N3O6/c1-4-7-10-18-27(36)24-26(17-13-15-22-32-28(37)19-11-8-5-2)31(39)34-30(40-25-35)21-14-16-23-33-29(38)20-12-9-6-3/h25-26,30H,4-24H2,1-3H3,(H,32,37)(H,33,38)(H,34,39). The molecule has 0 fully saturated rings. The summed E-state index contributed by atoms with van der Waals surface area (Å²) in [6, 6.07) is 0. The van der Waals surface area contributed by atoms with Gasteiger partial charge in [0.15, 0.2) is 6.23 Å². The number of hydrogen-bond acceptors (Lipinski definition) is 6. The molecule has 9 heteroatoms. The van der Waals surface area contributed by atoms with Crippen LogP contribution in [-0.2, 0) is 28.7 Å². The summed E-state index contributed by atoms with van der Waals surface area (Å²) in [5.74, 6) is -0.623. The number of nitrogens with one attached hydrogen (secondary N) is 3. The number of ether oxygens (including phenoxy) is 1. The molecule has 0 aromatic rings. The van der Waals surface area contributed by atoms with Gasteiger partial charge in [-0.25, -0.2) is 0 Å². The summed E-state index contributed by atoms with van der Waals surface area (Å²) in [4.78, 5) is 60.5. The first-order chi connectivity index (χ1) is 19.4. The van der Waals surface area contributed by atoms with Crippen molar-refractivity contribution in [3.63, 3.8) is 0 Å². The topological polar surface area (TPSA) is 131 Å². The van der Waals surface area contributed by atoms with E-state index in [0.29, 0.717) is 70.9 Å². The molecule has 0 aromatic carbocycles. The van der Waals surface area contributed by atoms with Crippen molar-refractivity contribution in [2.24, 2.45) is 5.92 Å². The van der Waals surface area contributed by atoms with Gasteiger partial charge in [-0.2, -0.15) is 0 Å². The summed E-state index contributed by atoms with van der Waals surface area (Å²) in [6.07, 6.45) is 13.5. The Hall–Kier alpha value is -2.45. The van der Waals surface area contributed by atoms with Crippen molar-refractivity contribution in [3.05, 3.63) is 0 Å². The van der Waals surface area contributed by atoms with Crippen molar-refractivity contribution in [3.8, 4) is 0 Å². The van der Waals surface area contributed by atoms with Crippen LogP contribution in [-0.4, -0.2) is 49.3 Å². The van der Waals surface area contributed by atoms with Gasteiger partial charge < -0.3 is 20.7 Å². The van der Waals surface area contributed by atoms with Crippen LogP contribution in [0.3, 0.4) is 0 Å². The molecule has 9 nitrogen and oxygen atoms in total. The summed E-state index contributed by atoms with van der Waals surface area (Å²) in [5.41, 5.74) is 0. The van der Waals surface area contributed by atoms with Crippen LogP contribution in [0.5, 0.6) is 0 Å². The van der Waals surface area contributed by atoms with Crippen LogP contribution in [0, 0.1) is 5.92 Å². The van der Waals surface area contributed by atoms with Crippen LogP contribution in [0.15, 0.2) is 0 Å². The van der Waals surface area contributed by atoms with Gasteiger partial charge in [-0.05, 0) is 44.9 Å². The maximum absolute atomic E-state index is 13.1. The molecule has 2 atom stereocenters. The highest BCUT2D eigenvalue weighted by Gasteiger charge is 2.24. The smallest absolute Gasteiger partial charge is 0.295 e. The first kappa shape index (κ1) is 37.6. The van der Waals surface area contributed by atoms with Gasteiger partial charge in [0.25, 0.3) is 6.47 Å². The Morgan fingerprint density at radius 2 is 1.15 bits per heavy atom. The Labute approximate surface area is 242 Å². The van der Waals surface area contributed by atoms with Gasteiger partial charge in [-0.3, -0.25) is 24.0 Å². The lowest BCUT2D eigenvalue weighted by atomic mass is 9.93. The molecule has 0 radical (unpaired) electrons. The molecule has 40 heavy (non-hydrogen) atoms. The lowest BCUT2D eigenvalue weighted by molar-refractivity contribution is -0.141. The van der Waals surface area contributed by atoms with Crippen LogP contribution in [0.2, 0.25) is 0 Å². The van der Waals surface area contributed by atoms with Crippen LogP contribution < -0.4 is 16.0 Å². The molecule has 232 valence electrons. The highest BCUT2D eigenvalue weighted by molar-refractivity contribution is 5.87. The zero-order chi connectivity index (χ0) is 29.8. The first-order valence-corrected chi connectivity index (χ1v) is 15.8. The Morgan fingerprint density at radius 3 is 1.65 bits per heavy atom. The third-order valence-corrected chi connectivity index (χ3v) is 6.96. The summed E-state index contributed by atoms with van der Waals surface area (Å²) < 4.78 is 5.12. The second-order valence-corrected chi connectivity index (χ2v) is 10.7. The van der Waals surface area contributed by atoms with E-state index >= 15 is 0 Å². The lowest BCUT2D eigenvalue weighted by Gasteiger charge is -2.21. The number of unbranched alkanes of at least 4 members (excludes halogenated alkanes) is 8. The van der Waals surface area contributed by atoms with Gasteiger partial charge in [-0.1, -0.05) is 65.7 Å². The summed E-state index contributed by atoms with van der Waals surface area (Å²) >= 11 is 0. The Kier molecular flexibility index (Phi) is 25.1. The number of hydrogen-bond donors (Lipinski definition) is 3. The normalized spacial score (nSPS) is 12.3. The second kappa shape index (κ2) is 26.8. The summed E-state index contributed by atoms with van der Waals surface area (Å²) in [5, 5.41) is 8.64. The first-order valence-electron chi connectivity index (χ1n) is 15.8. The minimum absolute atomic E-state index is 0.0462. The quantitative estimate of drug-likeness (QED) is 0.0651. The van der Waals surface area contributed by atoms with Gasteiger partial charge in [0, 0.05) is 51.1 Å². The molecule has 0 aliphatic heterocycles. The minimum Gasteiger partial charge on any atom is -0.444 e. The molecule has 3 N–H and O–H groups in total. The minimum atomic E-state index is -0.773. The van der Waals surface area contributed by atoms with Crippen molar-refractivity contribution >= 4 is 30.0 Å². The Bertz CT molecular complexity index is 701. The molecule has 0 aromatic heterocycles. The summed E-state index contributed by atoms with van der Waals surface area (Å²) in [7, 11) is 0. The van der Waals surface area contributed by atoms with Gasteiger partial charge in [0.05, 0.1) is 0 Å². The van der Waals surface area contributed by atoms with Gasteiger partial charge in [-0.15, -0.1) is 0 Å². The van der Waals surface area contributed by atoms with Crippen molar-refractivity contribution in [1.29, 1.82) is 0 Å². The third-order valence-electron chi connectivity index (χ3n) is 6.96. The van der Waals surface area contributed by atoms with E-state index in [2.05, 4.69) is 36.7 Å². The van der Waals surface area contributed by atoms with Crippen LogP contribution in [0.1, 0.15) is 143 Å². The number of Topliss-reactive ketones (excluding diaryl/α,β-unsaturated/α-hetero) is 1. The van der Waals surface area contributed by atoms with Crippen molar-refractivity contribution < 1.29 is 28.7 Å². The SMILES string of the molecule is CCCCCC(=O)CC(CCCCNC(=O)CCCCC)C(=O)NC(CCCCNC(=O)CCCCC)OC=O. The number of carbonyl (C=O) groups is 5. The highest BCUT2D eigenvalue weighted by Crippen LogP contribution is 2.17. The van der Waals surface area contributed by atoms with E-state index in [9.17, 15) is 24.0 Å². The van der Waals surface area contributed by atoms with E-state index in [1.54, 1.807) is 0 Å². The fourth-order valence-electron chi connectivity index (χ4n) is 4.47. The van der Waals surface area contributed by atoms with Gasteiger partial charge in [0.2, 0.25) is 17.7 Å². The van der Waals surface area contributed by atoms with E-state index < -0.39 is 12.1 Å². The van der Waals surface area contributed by atoms with E-state index in [-0.39, 0.29) is 29.9 Å². The molecule has 0 spiro atoms. The van der Waals surface area contributed by atoms with Gasteiger partial charge in [0.1, 0.15) is 5.78 Å². The van der Waals surface area contributed by atoms with Crippen molar-refractivity contribution in [2.45, 2.75) is 149 Å². The zero-order valence-electron chi connectivity index (χ0n) is 25.5. The van der Waals surface area contributed by atoms with E-state index in [0.717, 1.165) is 64.2 Å². The van der Waals surface area contributed by atoms with E-state index in [4.69, 9.17) is 4.74 Å². The fraction of sp³-hybridized carbons (Fsp3) is 0.839. The molecular weight excluding hydrogens is 510 g/mol. The lowest BCUT2D eigenvalue weighted by Crippen LogP contribution is -2.41. The van der Waals surface area contributed by atoms with Gasteiger partial charge >= 0.3 is 0 Å². The van der Waals surface area contributed by atoms with Crippen LogP contribution >= 0.6 is 0 Å². The average Bonchev–Trinajstić information content (AvgIpc) is 2.92. The van der Waals surface area contributed by atoms with Crippen molar-refractivity contribution in [2.75, 3.05) is 13.1 Å². The number of rotatable bonds is 28. The largest absolute Gasteiger partial charge is 0.444 e. The maximum Gasteiger partial charge on any atom is 0.295 e. The number of carbonyl (C=O) groups excluding carboxylic acids is 5. The molecular formula is C31H57N3O6. The predicted octanol–water partition coefficient (Wildman–Crippen LogP) is 5.49. The molecule has 2 unspecified atom stereocenters. The Morgan fingerprint density at radius 1 is 0.650 bits per heavy atom. The van der Waals surface area contributed by atoms with E-state index in [1.807, 2.05) is 0 Å². The average molecular weight is 568 g/mol. The Balaban J connectivity index is 4.70. The molecule has 0 bridgehead atoms. The van der Waals surface area contributed by atoms with E-state index in [1.165, 1.54) is 0 Å². The predicted molar refractivity (Wildman–Crippen MR) is 158 cm³/mol. The molecule has 0 aliphatic rings. The molecule has 3 amide bonds. The maximum atomic E-state index is 13.1. The molecule has 0 aliphatic carbocycles. The summed E-state index contributed by atoms with van der Waals surface area (Å²) in [6.45, 7) is 7.70. The molecule has 0 saturated carbocycles. The number of amides is 3. The fourth-order valence-corrected chi connectivity index (χ4v) is 4.47. The third kappa shape index (κ3) is 22.4. The van der Waals surface area contributed by atoms with Crippen LogP contribution in [0.25, 0.3) is 0 Å². The molecule has 0 rings (SSSR count). The number of ketones is 1. The van der Waals surface area contributed by atoms with Crippen molar-refractivity contribution in [1.82, 2.24) is 16.0 Å². The van der Waals surface area contributed by atoms with Crippen LogP contribution in [0.4, 0.5) is 0 Å². The second-order valence-electron chi connectivity index (χ2n) is 10.7. The monoisotopic (exact) mass is 567 g/mol. The molecule has 0 saturated heterocycles. The molecule has 0 heterocycles.